The molecule has 0 spiro atoms. The van der Waals surface area contributed by atoms with Crippen molar-refractivity contribution in [2.45, 2.75) is 0 Å². The van der Waals surface area contributed by atoms with Gasteiger partial charge >= 0.3 is 0 Å². The third-order valence-electron chi connectivity index (χ3n) is 6.21. The summed E-state index contributed by atoms with van der Waals surface area (Å²) in [4.78, 5) is 37.7. The van der Waals surface area contributed by atoms with Crippen LogP contribution in [0.15, 0.2) is 71.0 Å². The number of fused-ring (bicyclic) bond motifs is 1. The fourth-order valence-electron chi connectivity index (χ4n) is 4.43. The summed E-state index contributed by atoms with van der Waals surface area (Å²) in [5, 5.41) is 0. The van der Waals surface area contributed by atoms with E-state index in [4.69, 9.17) is 21.9 Å². The number of methoxy groups -OCH3 is 1. The van der Waals surface area contributed by atoms with Gasteiger partial charge in [-0.3, -0.25) is 18.9 Å². The summed E-state index contributed by atoms with van der Waals surface area (Å²) in [5.74, 6) is 1.17. The van der Waals surface area contributed by atoms with Crippen molar-refractivity contribution in [3.63, 3.8) is 0 Å². The second kappa shape index (κ2) is 10.2. The lowest BCUT2D eigenvalue weighted by atomic mass is 10.2. The molecule has 2 aromatic heterocycles. The number of hydrogen-bond acceptors (Lipinski definition) is 8. The van der Waals surface area contributed by atoms with E-state index in [0.717, 1.165) is 24.5 Å². The lowest BCUT2D eigenvalue weighted by Crippen LogP contribution is -2.47. The van der Waals surface area contributed by atoms with Crippen molar-refractivity contribution in [1.82, 2.24) is 14.3 Å². The zero-order valence-electron chi connectivity index (χ0n) is 19.8. The fourth-order valence-corrected chi connectivity index (χ4v) is 5.68. The summed E-state index contributed by atoms with van der Waals surface area (Å²) in [6.45, 7) is 6.81. The quantitative estimate of drug-likeness (QED) is 0.279. The lowest BCUT2D eigenvalue weighted by Gasteiger charge is -2.37. The molecule has 2 aliphatic heterocycles. The number of piperazine rings is 1. The minimum Gasteiger partial charge on any atom is -0.495 e. The molecule has 2 saturated heterocycles. The van der Waals surface area contributed by atoms with Gasteiger partial charge in [0, 0.05) is 38.9 Å². The molecule has 5 rings (SSSR count). The van der Waals surface area contributed by atoms with E-state index in [1.54, 1.807) is 31.5 Å². The van der Waals surface area contributed by atoms with Crippen LogP contribution < -0.4 is 20.1 Å². The predicted molar refractivity (Wildman–Crippen MR) is 149 cm³/mol. The molecule has 2 aliphatic rings. The van der Waals surface area contributed by atoms with E-state index in [-0.39, 0.29) is 11.5 Å². The highest BCUT2D eigenvalue weighted by Crippen LogP contribution is 2.34. The van der Waals surface area contributed by atoms with Gasteiger partial charge in [0.15, 0.2) is 0 Å². The number of hydrogen-bond donors (Lipinski definition) is 0. The number of rotatable bonds is 6. The molecular weight excluding hydrogens is 494 g/mol. The minimum absolute atomic E-state index is 0.225. The summed E-state index contributed by atoms with van der Waals surface area (Å²) in [5.41, 5.74) is 1.75. The number of aromatic nitrogens is 2. The molecule has 184 valence electrons. The molecule has 0 aliphatic carbocycles. The summed E-state index contributed by atoms with van der Waals surface area (Å²) in [7, 11) is 1.67. The van der Waals surface area contributed by atoms with Crippen molar-refractivity contribution >= 4 is 57.4 Å². The van der Waals surface area contributed by atoms with Gasteiger partial charge in [0.1, 0.15) is 21.5 Å². The van der Waals surface area contributed by atoms with Crippen LogP contribution in [-0.4, -0.2) is 64.3 Å². The molecule has 0 atom stereocenters. The first-order chi connectivity index (χ1) is 17.5. The number of carbonyl (C=O) groups is 1. The third-order valence-corrected chi connectivity index (χ3v) is 7.59. The number of anilines is 2. The molecule has 1 aromatic carbocycles. The van der Waals surface area contributed by atoms with Crippen molar-refractivity contribution in [3.05, 3.63) is 82.1 Å². The minimum atomic E-state index is -0.227. The summed E-state index contributed by atoms with van der Waals surface area (Å²) in [6.07, 6.45) is 4.96. The van der Waals surface area contributed by atoms with Crippen molar-refractivity contribution in [3.8, 4) is 5.75 Å². The van der Waals surface area contributed by atoms with Crippen LogP contribution in [0.3, 0.4) is 0 Å². The van der Waals surface area contributed by atoms with Crippen LogP contribution in [0.1, 0.15) is 5.56 Å². The van der Waals surface area contributed by atoms with Gasteiger partial charge in [-0.25, -0.2) is 4.98 Å². The Morgan fingerprint density at radius 1 is 1.08 bits per heavy atom. The van der Waals surface area contributed by atoms with Crippen molar-refractivity contribution in [1.29, 1.82) is 0 Å². The molecule has 0 N–H and O–H groups in total. The van der Waals surface area contributed by atoms with Crippen LogP contribution >= 0.6 is 24.0 Å². The number of carbonyl (C=O) groups excluding carboxylic acids is 1. The van der Waals surface area contributed by atoms with Gasteiger partial charge in [0.2, 0.25) is 0 Å². The summed E-state index contributed by atoms with van der Waals surface area (Å²) >= 11 is 6.57. The van der Waals surface area contributed by atoms with Crippen LogP contribution in [0.5, 0.6) is 5.75 Å². The normalized spacial score (nSPS) is 17.4. The van der Waals surface area contributed by atoms with Crippen molar-refractivity contribution in [2.24, 2.45) is 0 Å². The molecule has 0 bridgehead atoms. The highest BCUT2D eigenvalue weighted by Gasteiger charge is 2.32. The molecule has 10 heteroatoms. The van der Waals surface area contributed by atoms with Gasteiger partial charge in [-0.2, -0.15) is 0 Å². The molecule has 3 aromatic rings. The Morgan fingerprint density at radius 2 is 1.81 bits per heavy atom. The van der Waals surface area contributed by atoms with Crippen LogP contribution in [0.4, 0.5) is 11.5 Å². The Balaban J connectivity index is 1.51. The zero-order valence-corrected chi connectivity index (χ0v) is 21.4. The molecule has 4 heterocycles. The highest BCUT2D eigenvalue weighted by molar-refractivity contribution is 8.26. The molecule has 0 radical (unpaired) electrons. The van der Waals surface area contributed by atoms with Crippen LogP contribution in [-0.2, 0) is 4.79 Å². The number of pyridine rings is 1. The maximum Gasteiger partial charge on any atom is 0.267 e. The van der Waals surface area contributed by atoms with Crippen LogP contribution in [0.25, 0.3) is 11.7 Å². The number of ether oxygens (including phenoxy) is 1. The Labute approximate surface area is 218 Å². The molecule has 0 saturated carbocycles. The van der Waals surface area contributed by atoms with Gasteiger partial charge < -0.3 is 14.5 Å². The summed E-state index contributed by atoms with van der Waals surface area (Å²) in [6, 6.07) is 13.4. The predicted octanol–water partition coefficient (Wildman–Crippen LogP) is 3.42. The van der Waals surface area contributed by atoms with Crippen LogP contribution in [0.2, 0.25) is 0 Å². The maximum absolute atomic E-state index is 13.6. The van der Waals surface area contributed by atoms with E-state index >= 15 is 0 Å². The average Bonchev–Trinajstić information content (AvgIpc) is 3.18. The van der Waals surface area contributed by atoms with Crippen LogP contribution in [0, 0.1) is 0 Å². The number of thioether (sulfide) groups is 1. The highest BCUT2D eigenvalue weighted by atomic mass is 32.2. The number of para-hydroxylation sites is 2. The lowest BCUT2D eigenvalue weighted by molar-refractivity contribution is -0.121. The molecule has 36 heavy (non-hydrogen) atoms. The topological polar surface area (TPSA) is 70.4 Å². The van der Waals surface area contributed by atoms with Gasteiger partial charge in [0.25, 0.3) is 11.5 Å². The number of benzene rings is 1. The second-order valence-electron chi connectivity index (χ2n) is 8.31. The van der Waals surface area contributed by atoms with Crippen molar-refractivity contribution < 1.29 is 9.53 Å². The standard InChI is InChI=1S/C26H25N5O3S2/c1-3-11-31-25(33)21(36-26(31)35)17-18-23(27-22-10-6-7-12-30(22)24(18)32)29-15-13-28(14-16-29)19-8-4-5-9-20(19)34-2/h3-10,12,17H,1,11,13-16H2,2H3. The molecular formula is C26H25N5O3S2. The Hall–Kier alpha value is -3.63. The molecule has 0 unspecified atom stereocenters. The molecule has 8 nitrogen and oxygen atoms in total. The molecule has 2 fully saturated rings. The van der Waals surface area contributed by atoms with Gasteiger partial charge in [0.05, 0.1) is 23.3 Å². The van der Waals surface area contributed by atoms with E-state index in [1.165, 1.54) is 21.1 Å². The van der Waals surface area contributed by atoms with E-state index in [2.05, 4.69) is 16.4 Å². The number of amides is 1. The second-order valence-corrected chi connectivity index (χ2v) is 9.99. The Morgan fingerprint density at radius 3 is 2.56 bits per heavy atom. The Kier molecular flexibility index (Phi) is 6.80. The monoisotopic (exact) mass is 519 g/mol. The molecule has 1 amide bonds. The number of nitrogens with zero attached hydrogens (tertiary/aromatic N) is 5. The van der Waals surface area contributed by atoms with E-state index in [0.29, 0.717) is 45.9 Å². The van der Waals surface area contributed by atoms with E-state index in [1.807, 2.05) is 36.4 Å². The van der Waals surface area contributed by atoms with Gasteiger partial charge in [-0.05, 0) is 30.3 Å². The zero-order chi connectivity index (χ0) is 25.2. The van der Waals surface area contributed by atoms with Crippen molar-refractivity contribution in [2.75, 3.05) is 49.6 Å². The van der Waals surface area contributed by atoms with Gasteiger partial charge in [-0.15, -0.1) is 6.58 Å². The first-order valence-corrected chi connectivity index (χ1v) is 12.7. The summed E-state index contributed by atoms with van der Waals surface area (Å²) < 4.78 is 7.49. The fraction of sp³-hybridized carbons (Fsp3) is 0.231. The van der Waals surface area contributed by atoms with E-state index < -0.39 is 0 Å². The Bertz CT molecular complexity index is 1440. The number of thiocarbonyl (C=S) groups is 1. The smallest absolute Gasteiger partial charge is 0.267 e. The first kappa shape index (κ1) is 24.1. The van der Waals surface area contributed by atoms with E-state index in [9.17, 15) is 9.59 Å². The largest absolute Gasteiger partial charge is 0.495 e. The third kappa shape index (κ3) is 4.38. The maximum atomic E-state index is 13.6. The first-order valence-electron chi connectivity index (χ1n) is 11.5. The average molecular weight is 520 g/mol. The van der Waals surface area contributed by atoms with Gasteiger partial charge in [-0.1, -0.05) is 48.3 Å². The SMILES string of the molecule is C=CCN1C(=O)C(=Cc2c(N3CCN(c4ccccc4OC)CC3)nc3ccccn3c2=O)SC1=S.